The fourth-order valence-corrected chi connectivity index (χ4v) is 4.03. The van der Waals surface area contributed by atoms with E-state index in [-0.39, 0.29) is 5.54 Å². The van der Waals surface area contributed by atoms with Gasteiger partial charge in [-0.05, 0) is 37.5 Å². The first-order valence-corrected chi connectivity index (χ1v) is 7.53. The summed E-state index contributed by atoms with van der Waals surface area (Å²) in [7, 11) is 0. The van der Waals surface area contributed by atoms with Gasteiger partial charge in [0.05, 0.1) is 0 Å². The second-order valence-electron chi connectivity index (χ2n) is 6.29. The van der Waals surface area contributed by atoms with Crippen LogP contribution in [0.4, 0.5) is 0 Å². The molecule has 0 aromatic heterocycles. The molecule has 2 rings (SSSR count). The second-order valence-corrected chi connectivity index (χ2v) is 6.29. The highest BCUT2D eigenvalue weighted by atomic mass is 14.8. The summed E-state index contributed by atoms with van der Waals surface area (Å²) in [5.74, 6) is 1.76. The molecule has 2 N–H and O–H groups in total. The summed E-state index contributed by atoms with van der Waals surface area (Å²) in [5.41, 5.74) is 6.98. The molecule has 0 aliphatic heterocycles. The van der Waals surface area contributed by atoms with Crippen molar-refractivity contribution in [2.45, 2.75) is 83.1 Å². The van der Waals surface area contributed by atoms with Crippen LogP contribution in [0.1, 0.15) is 77.6 Å². The van der Waals surface area contributed by atoms with Crippen molar-refractivity contribution in [3.8, 4) is 0 Å². The van der Waals surface area contributed by atoms with Gasteiger partial charge in [0.15, 0.2) is 0 Å². The van der Waals surface area contributed by atoms with Gasteiger partial charge in [0.25, 0.3) is 0 Å². The third-order valence-electron chi connectivity index (χ3n) is 5.17. The highest BCUT2D eigenvalue weighted by Crippen LogP contribution is 2.42. The quantitative estimate of drug-likeness (QED) is 0.696. The van der Waals surface area contributed by atoms with Crippen LogP contribution in [0.25, 0.3) is 0 Å². The summed E-state index contributed by atoms with van der Waals surface area (Å²) in [4.78, 5) is 0. The summed E-state index contributed by atoms with van der Waals surface area (Å²) in [5, 5.41) is 0. The molecule has 0 spiro atoms. The van der Waals surface area contributed by atoms with Crippen LogP contribution in [-0.4, -0.2) is 5.54 Å². The van der Waals surface area contributed by atoms with E-state index in [0.717, 1.165) is 11.8 Å². The summed E-state index contributed by atoms with van der Waals surface area (Å²) in [6.07, 6.45) is 15.3. The Morgan fingerprint density at radius 1 is 1.00 bits per heavy atom. The van der Waals surface area contributed by atoms with Gasteiger partial charge in [-0.1, -0.05) is 51.9 Å². The van der Waals surface area contributed by atoms with Crippen molar-refractivity contribution in [1.29, 1.82) is 0 Å². The Bertz CT molecular complexity index is 205. The van der Waals surface area contributed by atoms with Crippen LogP contribution in [0.15, 0.2) is 0 Å². The van der Waals surface area contributed by atoms with Crippen LogP contribution in [0.5, 0.6) is 0 Å². The van der Waals surface area contributed by atoms with Gasteiger partial charge in [0.2, 0.25) is 0 Å². The highest BCUT2D eigenvalue weighted by Gasteiger charge is 2.38. The van der Waals surface area contributed by atoms with E-state index in [2.05, 4.69) is 6.92 Å². The molecule has 2 atom stereocenters. The molecule has 2 saturated carbocycles. The molecule has 94 valence electrons. The first kappa shape index (κ1) is 12.4. The monoisotopic (exact) mass is 223 g/mol. The van der Waals surface area contributed by atoms with Crippen LogP contribution in [0.3, 0.4) is 0 Å². The normalized spacial score (nSPS) is 38.2. The van der Waals surface area contributed by atoms with E-state index in [1.807, 2.05) is 0 Å². The average Bonchev–Trinajstić information content (AvgIpc) is 2.58. The molecule has 2 fully saturated rings. The molecule has 0 aromatic carbocycles. The molecule has 0 saturated heterocycles. The standard InChI is InChI=1S/C15H29N/c1-2-13-8-7-11-15(16,12-13)14-9-5-3-4-6-10-14/h13-14H,2-12,16H2,1H3. The molecule has 2 aliphatic carbocycles. The first-order valence-electron chi connectivity index (χ1n) is 7.53. The fourth-order valence-electron chi connectivity index (χ4n) is 4.03. The Kier molecular flexibility index (Phi) is 4.29. The molecule has 1 nitrogen and oxygen atoms in total. The van der Waals surface area contributed by atoms with E-state index in [9.17, 15) is 0 Å². The van der Waals surface area contributed by atoms with Gasteiger partial charge in [0.1, 0.15) is 0 Å². The van der Waals surface area contributed by atoms with Crippen LogP contribution in [0.2, 0.25) is 0 Å². The topological polar surface area (TPSA) is 26.0 Å². The molecule has 16 heavy (non-hydrogen) atoms. The molecule has 0 radical (unpaired) electrons. The zero-order valence-electron chi connectivity index (χ0n) is 11.0. The third-order valence-corrected chi connectivity index (χ3v) is 5.17. The summed E-state index contributed by atoms with van der Waals surface area (Å²) < 4.78 is 0. The van der Waals surface area contributed by atoms with Crippen LogP contribution >= 0.6 is 0 Å². The van der Waals surface area contributed by atoms with E-state index < -0.39 is 0 Å². The maximum atomic E-state index is 6.77. The minimum absolute atomic E-state index is 0.212. The van der Waals surface area contributed by atoms with Gasteiger partial charge in [-0.15, -0.1) is 0 Å². The maximum Gasteiger partial charge on any atom is 0.0185 e. The van der Waals surface area contributed by atoms with Crippen molar-refractivity contribution in [3.05, 3.63) is 0 Å². The Morgan fingerprint density at radius 3 is 2.31 bits per heavy atom. The minimum Gasteiger partial charge on any atom is -0.325 e. The zero-order valence-corrected chi connectivity index (χ0v) is 11.0. The molecule has 0 bridgehead atoms. The first-order chi connectivity index (χ1) is 7.74. The summed E-state index contributed by atoms with van der Waals surface area (Å²) in [6.45, 7) is 2.34. The number of hydrogen-bond donors (Lipinski definition) is 1. The molecule has 1 heteroatoms. The van der Waals surface area contributed by atoms with Crippen molar-refractivity contribution in [2.75, 3.05) is 0 Å². The van der Waals surface area contributed by atoms with Crippen molar-refractivity contribution in [3.63, 3.8) is 0 Å². The van der Waals surface area contributed by atoms with Crippen molar-refractivity contribution in [2.24, 2.45) is 17.6 Å². The van der Waals surface area contributed by atoms with Crippen LogP contribution < -0.4 is 5.73 Å². The average molecular weight is 223 g/mol. The predicted octanol–water partition coefficient (Wildman–Crippen LogP) is 4.25. The number of nitrogens with two attached hydrogens (primary N) is 1. The maximum absolute atomic E-state index is 6.77. The minimum atomic E-state index is 0.212. The van der Waals surface area contributed by atoms with Gasteiger partial charge in [0, 0.05) is 5.54 Å². The lowest BCUT2D eigenvalue weighted by atomic mass is 9.67. The lowest BCUT2D eigenvalue weighted by molar-refractivity contribution is 0.137. The van der Waals surface area contributed by atoms with E-state index in [1.54, 1.807) is 0 Å². The van der Waals surface area contributed by atoms with Crippen molar-refractivity contribution < 1.29 is 0 Å². The molecular formula is C15H29N. The summed E-state index contributed by atoms with van der Waals surface area (Å²) in [6, 6.07) is 0. The SMILES string of the molecule is CCC1CCCC(N)(C2CCCCCC2)C1. The number of hydrogen-bond acceptors (Lipinski definition) is 1. The van der Waals surface area contributed by atoms with E-state index >= 15 is 0 Å². The van der Waals surface area contributed by atoms with Gasteiger partial charge >= 0.3 is 0 Å². The van der Waals surface area contributed by atoms with Crippen LogP contribution in [0, 0.1) is 11.8 Å². The molecule has 0 amide bonds. The fraction of sp³-hybridized carbons (Fsp3) is 1.00. The lowest BCUT2D eigenvalue weighted by Gasteiger charge is -2.43. The molecule has 0 heterocycles. The molecule has 2 unspecified atom stereocenters. The zero-order chi connectivity index (χ0) is 11.4. The second kappa shape index (κ2) is 5.53. The van der Waals surface area contributed by atoms with Crippen LogP contribution in [-0.2, 0) is 0 Å². The predicted molar refractivity (Wildman–Crippen MR) is 70.4 cm³/mol. The Balaban J connectivity index is 1.98. The lowest BCUT2D eigenvalue weighted by Crippen LogP contribution is -2.50. The Morgan fingerprint density at radius 2 is 1.69 bits per heavy atom. The van der Waals surface area contributed by atoms with Gasteiger partial charge in [-0.2, -0.15) is 0 Å². The highest BCUT2D eigenvalue weighted by molar-refractivity contribution is 4.96. The largest absolute Gasteiger partial charge is 0.325 e. The van der Waals surface area contributed by atoms with Crippen molar-refractivity contribution in [1.82, 2.24) is 0 Å². The van der Waals surface area contributed by atoms with Gasteiger partial charge < -0.3 is 5.73 Å². The summed E-state index contributed by atoms with van der Waals surface area (Å²) >= 11 is 0. The Labute approximate surface area is 101 Å². The third kappa shape index (κ3) is 2.80. The Hall–Kier alpha value is -0.0400. The van der Waals surface area contributed by atoms with Gasteiger partial charge in [-0.3, -0.25) is 0 Å². The molecular weight excluding hydrogens is 194 g/mol. The van der Waals surface area contributed by atoms with E-state index in [4.69, 9.17) is 5.73 Å². The molecule has 2 aliphatic rings. The van der Waals surface area contributed by atoms with Crippen molar-refractivity contribution >= 4 is 0 Å². The van der Waals surface area contributed by atoms with Gasteiger partial charge in [-0.25, -0.2) is 0 Å². The van der Waals surface area contributed by atoms with E-state index in [0.29, 0.717) is 0 Å². The smallest absolute Gasteiger partial charge is 0.0185 e. The number of rotatable bonds is 2. The molecule has 0 aromatic rings. The van der Waals surface area contributed by atoms with E-state index in [1.165, 1.54) is 70.6 Å².